The highest BCUT2D eigenvalue weighted by Gasteiger charge is 2.56. The summed E-state index contributed by atoms with van der Waals surface area (Å²) in [6, 6.07) is 1.89. The Kier molecular flexibility index (Phi) is 7.15. The van der Waals surface area contributed by atoms with Gasteiger partial charge in [0.2, 0.25) is 5.79 Å². The molecule has 1 aliphatic heterocycles. The van der Waals surface area contributed by atoms with Gasteiger partial charge in [0.1, 0.15) is 11.3 Å². The van der Waals surface area contributed by atoms with Crippen molar-refractivity contribution in [2.24, 2.45) is 0 Å². The number of hydrogen-bond donors (Lipinski definition) is 7. The maximum absolute atomic E-state index is 11.9. The normalized spacial score (nSPS) is 27.3. The molecule has 1 saturated heterocycles. The van der Waals surface area contributed by atoms with Crippen LogP contribution in [0.3, 0.4) is 0 Å². The summed E-state index contributed by atoms with van der Waals surface area (Å²) < 4.78 is 34.1. The van der Waals surface area contributed by atoms with Crippen molar-refractivity contribution in [3.05, 3.63) is 17.4 Å². The average molecular weight is 543 g/mol. The molecule has 3 heterocycles. The molecule has 0 radical (unpaired) electrons. The topological polar surface area (TPSA) is 217 Å². The predicted octanol–water partition coefficient (Wildman–Crippen LogP) is 0.716. The zero-order valence-electron chi connectivity index (χ0n) is 17.6. The quantitative estimate of drug-likeness (QED) is 0.139. The Morgan fingerprint density at radius 2 is 1.94 bits per heavy atom. The van der Waals surface area contributed by atoms with Crippen LogP contribution in [0.2, 0.25) is 5.15 Å². The Bertz CT molecular complexity index is 1150. The lowest BCUT2D eigenvalue weighted by atomic mass is 10.1. The van der Waals surface area contributed by atoms with Gasteiger partial charge in [-0.15, -0.1) is 0 Å². The van der Waals surface area contributed by atoms with Gasteiger partial charge in [-0.3, -0.25) is 9.13 Å². The number of rotatable bonds is 8. The van der Waals surface area contributed by atoms with Crippen LogP contribution in [0.15, 0.2) is 12.3 Å². The van der Waals surface area contributed by atoms with E-state index in [0.29, 0.717) is 11.1 Å². The number of aromatic nitrogens is 3. The lowest BCUT2D eigenvalue weighted by Gasteiger charge is -2.25. The highest BCUT2D eigenvalue weighted by molar-refractivity contribution is 7.70. The zero-order valence-corrected chi connectivity index (χ0v) is 20.2. The fourth-order valence-electron chi connectivity index (χ4n) is 4.14. The standard InChI is InChI=1S/C17H25ClN4O10P2/c18-13-5-11(20-9-3-1-2-4-9)10-6-19-22(15(10)21-13)16-14(23)17(24,25)12(32-16)7-31-34(29,30)8-33(26,27)28/h5-6,9,12,14,16,23-25H,1-4,7-8H2,(H,20,21)(H,29,30)(H2,26,27,28)/t12-,14+,16-/m1/s1. The number of aliphatic hydroxyl groups is 3. The number of nitrogens with zero attached hydrogens (tertiary/aromatic N) is 3. The number of fused-ring (bicyclic) bond motifs is 1. The second-order valence-electron chi connectivity index (χ2n) is 8.43. The maximum Gasteiger partial charge on any atom is 0.340 e. The van der Waals surface area contributed by atoms with E-state index in [2.05, 4.69) is 19.9 Å². The molecule has 190 valence electrons. The predicted molar refractivity (Wildman–Crippen MR) is 118 cm³/mol. The number of ether oxygens (including phenoxy) is 1. The fourth-order valence-corrected chi connectivity index (χ4v) is 6.88. The third kappa shape index (κ3) is 5.48. The van der Waals surface area contributed by atoms with Gasteiger partial charge >= 0.3 is 15.2 Å². The van der Waals surface area contributed by atoms with Crippen molar-refractivity contribution >= 4 is 43.5 Å². The maximum atomic E-state index is 11.9. The van der Waals surface area contributed by atoms with Gasteiger partial charge in [0.15, 0.2) is 23.9 Å². The Morgan fingerprint density at radius 1 is 1.26 bits per heavy atom. The minimum Gasteiger partial charge on any atom is -0.383 e. The van der Waals surface area contributed by atoms with Gasteiger partial charge in [0.25, 0.3) is 0 Å². The first-order valence-corrected chi connectivity index (χ1v) is 14.3. The average Bonchev–Trinajstić information content (AvgIpc) is 3.39. The molecule has 1 unspecified atom stereocenters. The van der Waals surface area contributed by atoms with E-state index in [-0.39, 0.29) is 16.8 Å². The summed E-state index contributed by atoms with van der Waals surface area (Å²) >= 11 is 6.18. The molecule has 34 heavy (non-hydrogen) atoms. The summed E-state index contributed by atoms with van der Waals surface area (Å²) in [6.07, 6.45) is 0.407. The molecule has 2 aromatic heterocycles. The number of aliphatic hydroxyl groups excluding tert-OH is 1. The highest BCUT2D eigenvalue weighted by atomic mass is 35.5. The summed E-state index contributed by atoms with van der Waals surface area (Å²) in [7, 11) is -9.68. The molecule has 2 aliphatic rings. The third-order valence-corrected chi connectivity index (χ3v) is 9.41. The summed E-state index contributed by atoms with van der Waals surface area (Å²) in [4.78, 5) is 31.6. The van der Waals surface area contributed by atoms with Gasteiger partial charge < -0.3 is 44.6 Å². The van der Waals surface area contributed by atoms with Gasteiger partial charge in [-0.25, -0.2) is 9.67 Å². The minimum atomic E-state index is -4.89. The zero-order chi connectivity index (χ0) is 24.9. The van der Waals surface area contributed by atoms with E-state index in [1.165, 1.54) is 6.20 Å². The van der Waals surface area contributed by atoms with E-state index in [0.717, 1.165) is 30.4 Å². The van der Waals surface area contributed by atoms with Gasteiger partial charge in [-0.1, -0.05) is 24.4 Å². The Hall–Kier alpha value is -1.15. The number of anilines is 1. The van der Waals surface area contributed by atoms with E-state index in [1.807, 2.05) is 0 Å². The van der Waals surface area contributed by atoms with Gasteiger partial charge in [0.05, 0.1) is 23.9 Å². The van der Waals surface area contributed by atoms with Crippen LogP contribution in [0.1, 0.15) is 31.9 Å². The largest absolute Gasteiger partial charge is 0.383 e. The Morgan fingerprint density at radius 3 is 2.59 bits per heavy atom. The summed E-state index contributed by atoms with van der Waals surface area (Å²) in [6.45, 7) is -0.962. The molecular formula is C17H25ClN4O10P2. The van der Waals surface area contributed by atoms with Crippen LogP contribution < -0.4 is 5.32 Å². The summed E-state index contributed by atoms with van der Waals surface area (Å²) in [5.74, 6) is -4.42. The van der Waals surface area contributed by atoms with Crippen molar-refractivity contribution in [3.63, 3.8) is 0 Å². The van der Waals surface area contributed by atoms with E-state index >= 15 is 0 Å². The van der Waals surface area contributed by atoms with E-state index < -0.39 is 51.9 Å². The Labute approximate surface area is 198 Å². The number of hydrogen-bond acceptors (Lipinski definition) is 10. The molecule has 0 spiro atoms. The molecule has 14 nitrogen and oxygen atoms in total. The minimum absolute atomic E-state index is 0.125. The van der Waals surface area contributed by atoms with Crippen LogP contribution in [-0.4, -0.2) is 81.3 Å². The van der Waals surface area contributed by atoms with Gasteiger partial charge in [-0.05, 0) is 18.9 Å². The van der Waals surface area contributed by atoms with Crippen molar-refractivity contribution < 1.29 is 48.4 Å². The first-order chi connectivity index (χ1) is 15.8. The van der Waals surface area contributed by atoms with Crippen molar-refractivity contribution in [2.45, 2.75) is 55.9 Å². The number of pyridine rings is 1. The van der Waals surface area contributed by atoms with Crippen LogP contribution >= 0.6 is 26.8 Å². The monoisotopic (exact) mass is 542 g/mol. The molecule has 2 fully saturated rings. The van der Waals surface area contributed by atoms with Crippen LogP contribution in [0, 0.1) is 0 Å². The van der Waals surface area contributed by atoms with E-state index in [4.69, 9.17) is 26.1 Å². The number of nitrogens with one attached hydrogen (secondary N) is 1. The molecule has 7 N–H and O–H groups in total. The smallest absolute Gasteiger partial charge is 0.340 e. The third-order valence-electron chi connectivity index (χ3n) is 5.76. The van der Waals surface area contributed by atoms with Crippen molar-refractivity contribution in [2.75, 3.05) is 17.8 Å². The molecule has 1 saturated carbocycles. The van der Waals surface area contributed by atoms with Crippen LogP contribution in [0.5, 0.6) is 0 Å². The molecule has 17 heteroatoms. The van der Waals surface area contributed by atoms with Crippen LogP contribution in [0.4, 0.5) is 5.69 Å². The first kappa shape index (κ1) is 25.9. The summed E-state index contributed by atoms with van der Waals surface area (Å²) in [5.41, 5.74) is 0.849. The molecule has 0 aromatic carbocycles. The molecule has 4 atom stereocenters. The SMILES string of the molecule is O=P(O)(O)CP(=O)(O)OC[C@H]1O[C@@H](n2ncc3c(NC4CCCC4)cc(Cl)nc32)[C@H](O)C1(O)O. The highest BCUT2D eigenvalue weighted by Crippen LogP contribution is 2.55. The molecule has 2 aromatic rings. The molecular weight excluding hydrogens is 518 g/mol. The molecule has 0 bridgehead atoms. The van der Waals surface area contributed by atoms with Crippen LogP contribution in [0.25, 0.3) is 11.0 Å². The lowest BCUT2D eigenvalue weighted by Crippen LogP contribution is -2.49. The Balaban J connectivity index is 1.57. The van der Waals surface area contributed by atoms with Crippen molar-refractivity contribution in [1.82, 2.24) is 14.8 Å². The van der Waals surface area contributed by atoms with Crippen molar-refractivity contribution in [3.8, 4) is 0 Å². The number of halogens is 1. The van der Waals surface area contributed by atoms with E-state index in [1.54, 1.807) is 6.07 Å². The summed E-state index contributed by atoms with van der Waals surface area (Å²) in [5, 5.41) is 39.5. The first-order valence-electron chi connectivity index (χ1n) is 10.4. The van der Waals surface area contributed by atoms with Gasteiger partial charge in [0, 0.05) is 6.04 Å². The van der Waals surface area contributed by atoms with Crippen molar-refractivity contribution in [1.29, 1.82) is 0 Å². The molecule has 1 aliphatic carbocycles. The van der Waals surface area contributed by atoms with E-state index in [9.17, 15) is 29.3 Å². The van der Waals surface area contributed by atoms with Crippen LogP contribution in [-0.2, 0) is 18.4 Å². The second-order valence-corrected chi connectivity index (χ2v) is 12.8. The second kappa shape index (κ2) is 9.38. The fraction of sp³-hybridized carbons (Fsp3) is 0.647. The van der Waals surface area contributed by atoms with Gasteiger partial charge in [-0.2, -0.15) is 5.10 Å². The molecule has 4 rings (SSSR count). The molecule has 0 amide bonds. The lowest BCUT2D eigenvalue weighted by molar-refractivity contribution is -0.234.